The first-order chi connectivity index (χ1) is 10.5. The van der Waals surface area contributed by atoms with Gasteiger partial charge in [-0.3, -0.25) is 14.4 Å². The van der Waals surface area contributed by atoms with Gasteiger partial charge in [-0.15, -0.1) is 0 Å². The van der Waals surface area contributed by atoms with Crippen LogP contribution in [0.3, 0.4) is 0 Å². The second-order valence-corrected chi connectivity index (χ2v) is 6.39. The highest BCUT2D eigenvalue weighted by atomic mass is 35.5. The molecule has 2 aromatic rings. The van der Waals surface area contributed by atoms with E-state index in [0.29, 0.717) is 0 Å². The summed E-state index contributed by atoms with van der Waals surface area (Å²) in [6.07, 6.45) is 2.13. The lowest BCUT2D eigenvalue weighted by Gasteiger charge is -2.32. The third-order valence-corrected chi connectivity index (χ3v) is 4.50. The standard InChI is InChI=1S/C16H21ClN4O/c1-11(22)18-12-5-4-8-21(9-12)10-14-16-13(17)6-3-7-15(16)20(2)19-14/h3,6-7,12H,4-5,8-10H2,1-2H3,(H,18,22)/t12-/m1/s1. The van der Waals surface area contributed by atoms with Crippen LogP contribution in [-0.2, 0) is 18.4 Å². The number of carbonyl (C=O) groups excluding carboxylic acids is 1. The summed E-state index contributed by atoms with van der Waals surface area (Å²) in [6, 6.07) is 6.13. The van der Waals surface area contributed by atoms with Crippen molar-refractivity contribution in [3.8, 4) is 0 Å². The van der Waals surface area contributed by atoms with Crippen LogP contribution >= 0.6 is 11.6 Å². The van der Waals surface area contributed by atoms with E-state index in [0.717, 1.165) is 54.1 Å². The molecule has 0 spiro atoms. The Hall–Kier alpha value is -1.59. The normalized spacial score (nSPS) is 19.5. The number of aromatic nitrogens is 2. The highest BCUT2D eigenvalue weighted by molar-refractivity contribution is 6.35. The van der Waals surface area contributed by atoms with Crippen molar-refractivity contribution in [1.29, 1.82) is 0 Å². The minimum atomic E-state index is 0.0400. The smallest absolute Gasteiger partial charge is 0.217 e. The maximum atomic E-state index is 11.2. The monoisotopic (exact) mass is 320 g/mol. The van der Waals surface area contributed by atoms with Crippen LogP contribution in [0.2, 0.25) is 5.02 Å². The molecule has 0 unspecified atom stereocenters. The van der Waals surface area contributed by atoms with Crippen molar-refractivity contribution >= 4 is 28.4 Å². The average Bonchev–Trinajstić information content (AvgIpc) is 2.76. The van der Waals surface area contributed by atoms with Crippen LogP contribution in [0.5, 0.6) is 0 Å². The zero-order valence-corrected chi connectivity index (χ0v) is 13.7. The topological polar surface area (TPSA) is 50.2 Å². The summed E-state index contributed by atoms with van der Waals surface area (Å²) in [5.41, 5.74) is 2.06. The maximum absolute atomic E-state index is 11.2. The number of amides is 1. The number of nitrogens with one attached hydrogen (secondary N) is 1. The molecule has 3 rings (SSSR count). The quantitative estimate of drug-likeness (QED) is 0.944. The maximum Gasteiger partial charge on any atom is 0.217 e. The molecule has 0 saturated carbocycles. The number of hydrogen-bond donors (Lipinski definition) is 1. The minimum absolute atomic E-state index is 0.0400. The molecule has 0 radical (unpaired) electrons. The largest absolute Gasteiger partial charge is 0.352 e. The van der Waals surface area contributed by atoms with E-state index in [1.165, 1.54) is 0 Å². The molecule has 22 heavy (non-hydrogen) atoms. The summed E-state index contributed by atoms with van der Waals surface area (Å²) in [7, 11) is 1.94. The molecule has 6 heteroatoms. The molecule has 118 valence electrons. The summed E-state index contributed by atoms with van der Waals surface area (Å²) in [6.45, 7) is 4.23. The lowest BCUT2D eigenvalue weighted by atomic mass is 10.1. The van der Waals surface area contributed by atoms with Crippen molar-refractivity contribution in [2.75, 3.05) is 13.1 Å². The van der Waals surface area contributed by atoms with Gasteiger partial charge in [0.05, 0.1) is 16.2 Å². The minimum Gasteiger partial charge on any atom is -0.352 e. The van der Waals surface area contributed by atoms with E-state index in [4.69, 9.17) is 11.6 Å². The molecule has 1 aromatic carbocycles. The van der Waals surface area contributed by atoms with Crippen LogP contribution in [0, 0.1) is 0 Å². The number of aryl methyl sites for hydroxylation is 1. The number of carbonyl (C=O) groups is 1. The molecule has 2 heterocycles. The molecule has 1 saturated heterocycles. The fourth-order valence-corrected chi connectivity index (χ4v) is 3.56. The third-order valence-electron chi connectivity index (χ3n) is 4.19. The summed E-state index contributed by atoms with van der Waals surface area (Å²) in [5.74, 6) is 0.0400. The van der Waals surface area contributed by atoms with Gasteiger partial charge in [0.25, 0.3) is 0 Å². The van der Waals surface area contributed by atoms with Crippen molar-refractivity contribution < 1.29 is 4.79 Å². The lowest BCUT2D eigenvalue weighted by Crippen LogP contribution is -2.46. The molecule has 1 amide bonds. The van der Waals surface area contributed by atoms with Gasteiger partial charge in [0, 0.05) is 38.5 Å². The molecular formula is C16H21ClN4O. The van der Waals surface area contributed by atoms with Crippen LogP contribution in [0.25, 0.3) is 10.9 Å². The highest BCUT2D eigenvalue weighted by Crippen LogP contribution is 2.27. The van der Waals surface area contributed by atoms with Gasteiger partial charge < -0.3 is 5.32 Å². The summed E-state index contributed by atoms with van der Waals surface area (Å²) in [4.78, 5) is 13.6. The molecule has 5 nitrogen and oxygen atoms in total. The Morgan fingerprint density at radius 1 is 1.50 bits per heavy atom. The fourth-order valence-electron chi connectivity index (χ4n) is 3.28. The Morgan fingerprint density at radius 3 is 3.09 bits per heavy atom. The SMILES string of the molecule is CC(=O)N[C@@H]1CCCN(Cc2nn(C)c3cccc(Cl)c23)C1. The zero-order valence-electron chi connectivity index (χ0n) is 13.0. The van der Waals surface area contributed by atoms with Crippen LogP contribution in [-0.4, -0.2) is 39.7 Å². The van der Waals surface area contributed by atoms with Crippen LogP contribution in [0.15, 0.2) is 18.2 Å². The van der Waals surface area contributed by atoms with E-state index in [1.807, 2.05) is 29.9 Å². The van der Waals surface area contributed by atoms with Gasteiger partial charge >= 0.3 is 0 Å². The van der Waals surface area contributed by atoms with Gasteiger partial charge in [0.1, 0.15) is 0 Å². The van der Waals surface area contributed by atoms with Gasteiger partial charge in [0.15, 0.2) is 0 Å². The molecule has 1 atom stereocenters. The number of rotatable bonds is 3. The van der Waals surface area contributed by atoms with E-state index in [-0.39, 0.29) is 11.9 Å². The number of benzene rings is 1. The Kier molecular flexibility index (Phi) is 4.36. The number of halogens is 1. The molecule has 0 bridgehead atoms. The van der Waals surface area contributed by atoms with E-state index < -0.39 is 0 Å². The second-order valence-electron chi connectivity index (χ2n) is 5.98. The van der Waals surface area contributed by atoms with E-state index >= 15 is 0 Å². The van der Waals surface area contributed by atoms with Crippen molar-refractivity contribution in [1.82, 2.24) is 20.0 Å². The predicted molar refractivity (Wildman–Crippen MR) is 87.8 cm³/mol. The van der Waals surface area contributed by atoms with Crippen LogP contribution < -0.4 is 5.32 Å². The van der Waals surface area contributed by atoms with Crippen molar-refractivity contribution in [2.24, 2.45) is 7.05 Å². The van der Waals surface area contributed by atoms with Crippen LogP contribution in [0.1, 0.15) is 25.5 Å². The molecule has 1 fully saturated rings. The van der Waals surface area contributed by atoms with Gasteiger partial charge in [-0.1, -0.05) is 17.7 Å². The van der Waals surface area contributed by atoms with Crippen molar-refractivity contribution in [3.63, 3.8) is 0 Å². The molecule has 1 aliphatic rings. The number of fused-ring (bicyclic) bond motifs is 1. The second kappa shape index (κ2) is 6.26. The number of piperidine rings is 1. The molecular weight excluding hydrogens is 300 g/mol. The number of likely N-dealkylation sites (tertiary alicyclic amines) is 1. The van der Waals surface area contributed by atoms with Gasteiger partial charge in [-0.25, -0.2) is 0 Å². The van der Waals surface area contributed by atoms with E-state index in [9.17, 15) is 4.79 Å². The first kappa shape index (κ1) is 15.3. The third kappa shape index (κ3) is 3.10. The Labute approximate surface area is 135 Å². The first-order valence-corrected chi connectivity index (χ1v) is 8.02. The highest BCUT2D eigenvalue weighted by Gasteiger charge is 2.22. The number of nitrogens with zero attached hydrogens (tertiary/aromatic N) is 3. The zero-order chi connectivity index (χ0) is 15.7. The van der Waals surface area contributed by atoms with Gasteiger partial charge in [-0.2, -0.15) is 5.10 Å². The fraction of sp³-hybridized carbons (Fsp3) is 0.500. The lowest BCUT2D eigenvalue weighted by molar-refractivity contribution is -0.120. The van der Waals surface area contributed by atoms with Gasteiger partial charge in [-0.05, 0) is 31.5 Å². The molecule has 1 aromatic heterocycles. The summed E-state index contributed by atoms with van der Waals surface area (Å²) in [5, 5.41) is 9.43. The Balaban J connectivity index is 1.80. The van der Waals surface area contributed by atoms with E-state index in [1.54, 1.807) is 6.92 Å². The summed E-state index contributed by atoms with van der Waals surface area (Å²) < 4.78 is 1.88. The predicted octanol–water partition coefficient (Wildman–Crippen LogP) is 2.33. The summed E-state index contributed by atoms with van der Waals surface area (Å²) >= 11 is 6.36. The number of hydrogen-bond acceptors (Lipinski definition) is 3. The van der Waals surface area contributed by atoms with Crippen molar-refractivity contribution in [2.45, 2.75) is 32.4 Å². The average molecular weight is 321 g/mol. The Bertz CT molecular complexity index is 697. The van der Waals surface area contributed by atoms with Crippen LogP contribution in [0.4, 0.5) is 0 Å². The first-order valence-electron chi connectivity index (χ1n) is 7.64. The Morgan fingerprint density at radius 2 is 2.32 bits per heavy atom. The molecule has 0 aliphatic carbocycles. The molecule has 1 aliphatic heterocycles. The molecule has 1 N–H and O–H groups in total. The van der Waals surface area contributed by atoms with Gasteiger partial charge in [0.2, 0.25) is 5.91 Å². The van der Waals surface area contributed by atoms with Crippen molar-refractivity contribution in [3.05, 3.63) is 28.9 Å². The van der Waals surface area contributed by atoms with E-state index in [2.05, 4.69) is 15.3 Å².